The van der Waals surface area contributed by atoms with E-state index in [1.807, 2.05) is 0 Å². The van der Waals surface area contributed by atoms with Crippen molar-refractivity contribution < 1.29 is 17.9 Å². The third-order valence-corrected chi connectivity index (χ3v) is 7.67. The third-order valence-electron chi connectivity index (χ3n) is 5.26. The molecule has 0 saturated carbocycles. The molecule has 2 saturated heterocycles. The highest BCUT2D eigenvalue weighted by atomic mass is 79.9. The van der Waals surface area contributed by atoms with Crippen LogP contribution in [0.3, 0.4) is 0 Å². The Morgan fingerprint density at radius 2 is 1.92 bits per heavy atom. The van der Waals surface area contributed by atoms with Crippen molar-refractivity contribution in [1.29, 1.82) is 0 Å². The second-order valence-electron chi connectivity index (χ2n) is 6.73. The van der Waals surface area contributed by atoms with Crippen LogP contribution in [0, 0.1) is 0 Å². The van der Waals surface area contributed by atoms with Crippen molar-refractivity contribution in [3.63, 3.8) is 0 Å². The van der Waals surface area contributed by atoms with E-state index in [4.69, 9.17) is 10.5 Å². The number of nitrogens with two attached hydrogens (primary N) is 1. The second kappa shape index (κ2) is 7.84. The number of sulfonamides is 1. The first kappa shape index (κ1) is 19.6. The summed E-state index contributed by atoms with van der Waals surface area (Å²) in [5, 5.41) is 0. The number of carbonyl (C=O) groups is 1. The van der Waals surface area contributed by atoms with Crippen LogP contribution in [-0.4, -0.2) is 62.4 Å². The Balaban J connectivity index is 1.73. The number of carbonyl (C=O) groups excluding carboxylic acids is 1. The first-order valence-corrected chi connectivity index (χ1v) is 11.0. The lowest BCUT2D eigenvalue weighted by Gasteiger charge is -2.38. The Labute approximate surface area is 162 Å². The maximum Gasteiger partial charge on any atom is 0.246 e. The molecule has 3 rings (SSSR count). The topological polar surface area (TPSA) is 92.9 Å². The molecule has 2 N–H and O–H groups in total. The van der Waals surface area contributed by atoms with Crippen molar-refractivity contribution in [2.45, 2.75) is 42.7 Å². The number of primary amides is 1. The van der Waals surface area contributed by atoms with Crippen LogP contribution in [-0.2, 0) is 14.8 Å². The lowest BCUT2D eigenvalue weighted by Crippen LogP contribution is -2.51. The molecule has 0 spiro atoms. The summed E-state index contributed by atoms with van der Waals surface area (Å²) in [5.74, 6) is 0.0556. The van der Waals surface area contributed by atoms with Gasteiger partial charge in [-0.25, -0.2) is 8.42 Å². The number of halogens is 1. The Hall–Kier alpha value is -1.16. The van der Waals surface area contributed by atoms with Crippen LogP contribution in [0.25, 0.3) is 0 Å². The number of likely N-dealkylation sites (tertiary alicyclic amines) is 1. The molecule has 2 aliphatic rings. The van der Waals surface area contributed by atoms with E-state index in [1.165, 1.54) is 11.4 Å². The zero-order valence-corrected chi connectivity index (χ0v) is 17.1. The highest BCUT2D eigenvalue weighted by molar-refractivity contribution is 9.10. The fourth-order valence-electron chi connectivity index (χ4n) is 3.94. The largest absolute Gasteiger partial charge is 0.495 e. The third kappa shape index (κ3) is 3.76. The van der Waals surface area contributed by atoms with E-state index >= 15 is 0 Å². The first-order valence-electron chi connectivity index (χ1n) is 8.73. The molecule has 7 nitrogen and oxygen atoms in total. The van der Waals surface area contributed by atoms with Crippen LogP contribution < -0.4 is 10.5 Å². The smallest absolute Gasteiger partial charge is 0.246 e. The van der Waals surface area contributed by atoms with E-state index in [0.717, 1.165) is 19.4 Å². The summed E-state index contributed by atoms with van der Waals surface area (Å²) in [6.07, 6.45) is 3.14. The molecule has 1 atom stereocenters. The van der Waals surface area contributed by atoms with Crippen LogP contribution in [0.2, 0.25) is 0 Å². The van der Waals surface area contributed by atoms with Gasteiger partial charge >= 0.3 is 0 Å². The summed E-state index contributed by atoms with van der Waals surface area (Å²) in [4.78, 5) is 14.0. The molecule has 2 aliphatic heterocycles. The Kier molecular flexibility index (Phi) is 5.91. The van der Waals surface area contributed by atoms with Crippen LogP contribution in [0.15, 0.2) is 27.6 Å². The van der Waals surface area contributed by atoms with Gasteiger partial charge in [-0.2, -0.15) is 4.31 Å². The van der Waals surface area contributed by atoms with Crippen LogP contribution in [0.5, 0.6) is 5.75 Å². The number of ether oxygens (including phenoxy) is 1. The van der Waals surface area contributed by atoms with Gasteiger partial charge in [0, 0.05) is 23.6 Å². The Bertz CT molecular complexity index is 778. The minimum Gasteiger partial charge on any atom is -0.495 e. The van der Waals surface area contributed by atoms with Gasteiger partial charge in [-0.05, 0) is 50.4 Å². The Morgan fingerprint density at radius 3 is 2.54 bits per heavy atom. The molecule has 9 heteroatoms. The molecular formula is C17H24BrN3O4S. The van der Waals surface area contributed by atoms with Crippen LogP contribution in [0.4, 0.5) is 0 Å². The van der Waals surface area contributed by atoms with Crippen molar-refractivity contribution in [2.24, 2.45) is 5.73 Å². The first-order chi connectivity index (χ1) is 12.3. The fraction of sp³-hybridized carbons (Fsp3) is 0.588. The van der Waals surface area contributed by atoms with E-state index in [9.17, 15) is 13.2 Å². The molecule has 1 aromatic rings. The number of benzene rings is 1. The van der Waals surface area contributed by atoms with Gasteiger partial charge in [0.05, 0.1) is 13.2 Å². The summed E-state index contributed by atoms with van der Waals surface area (Å²) in [6.45, 7) is 1.69. The molecule has 0 aliphatic carbocycles. The van der Waals surface area contributed by atoms with Crippen LogP contribution >= 0.6 is 15.9 Å². The Morgan fingerprint density at radius 1 is 1.23 bits per heavy atom. The highest BCUT2D eigenvalue weighted by Gasteiger charge is 2.38. The van der Waals surface area contributed by atoms with Gasteiger partial charge in [0.25, 0.3) is 0 Å². The van der Waals surface area contributed by atoms with Gasteiger partial charge < -0.3 is 10.5 Å². The zero-order valence-electron chi connectivity index (χ0n) is 14.7. The molecule has 2 heterocycles. The quantitative estimate of drug-likeness (QED) is 0.741. The normalized spacial score (nSPS) is 23.2. The molecule has 0 radical (unpaired) electrons. The average Bonchev–Trinajstić information content (AvgIpc) is 3.12. The summed E-state index contributed by atoms with van der Waals surface area (Å²) in [7, 11) is -2.17. The fourth-order valence-corrected chi connectivity index (χ4v) is 6.10. The van der Waals surface area contributed by atoms with Crippen molar-refractivity contribution in [1.82, 2.24) is 9.21 Å². The van der Waals surface area contributed by atoms with Gasteiger partial charge in [0.15, 0.2) is 0 Å². The van der Waals surface area contributed by atoms with E-state index in [-0.39, 0.29) is 22.9 Å². The molecule has 1 amide bonds. The average molecular weight is 446 g/mol. The molecule has 2 fully saturated rings. The van der Waals surface area contributed by atoms with Gasteiger partial charge in [-0.15, -0.1) is 0 Å². The predicted molar refractivity (Wildman–Crippen MR) is 101 cm³/mol. The van der Waals surface area contributed by atoms with Crippen molar-refractivity contribution >= 4 is 31.9 Å². The zero-order chi connectivity index (χ0) is 18.9. The van der Waals surface area contributed by atoms with Crippen LogP contribution in [0.1, 0.15) is 25.7 Å². The van der Waals surface area contributed by atoms with E-state index in [2.05, 4.69) is 20.8 Å². The number of piperidine rings is 1. The monoisotopic (exact) mass is 445 g/mol. The molecule has 144 valence electrons. The van der Waals surface area contributed by atoms with E-state index < -0.39 is 10.0 Å². The second-order valence-corrected chi connectivity index (χ2v) is 9.55. The van der Waals surface area contributed by atoms with Crippen molar-refractivity contribution in [3.05, 3.63) is 22.7 Å². The van der Waals surface area contributed by atoms with Gasteiger partial charge in [0.1, 0.15) is 10.6 Å². The number of nitrogens with zero attached hydrogens (tertiary/aromatic N) is 2. The summed E-state index contributed by atoms with van der Waals surface area (Å²) >= 11 is 3.33. The summed E-state index contributed by atoms with van der Waals surface area (Å²) < 4.78 is 33.5. The highest BCUT2D eigenvalue weighted by Crippen LogP contribution is 2.32. The number of methoxy groups -OCH3 is 1. The number of amides is 1. The maximum absolute atomic E-state index is 13.1. The van der Waals surface area contributed by atoms with Gasteiger partial charge in [-0.1, -0.05) is 15.9 Å². The molecule has 1 unspecified atom stereocenters. The molecule has 1 aromatic carbocycles. The maximum atomic E-state index is 13.1. The van der Waals surface area contributed by atoms with Gasteiger partial charge in [0.2, 0.25) is 15.9 Å². The van der Waals surface area contributed by atoms with Crippen molar-refractivity contribution in [2.75, 3.05) is 26.7 Å². The molecule has 0 bridgehead atoms. The summed E-state index contributed by atoms with van der Waals surface area (Å²) in [5.41, 5.74) is 5.51. The number of rotatable bonds is 5. The van der Waals surface area contributed by atoms with E-state index in [1.54, 1.807) is 18.2 Å². The van der Waals surface area contributed by atoms with E-state index in [0.29, 0.717) is 36.2 Å². The van der Waals surface area contributed by atoms with Gasteiger partial charge in [-0.3, -0.25) is 9.69 Å². The molecular weight excluding hydrogens is 422 g/mol. The number of hydrogen-bond acceptors (Lipinski definition) is 5. The standard InChI is InChI=1S/C17H24BrN3O4S/c1-25-15-5-4-12(18)11-16(15)26(23,24)20-9-6-13(7-10-20)21-8-2-3-14(21)17(19)22/h4-5,11,13-14H,2-3,6-10H2,1H3,(H2,19,22). The SMILES string of the molecule is COc1ccc(Br)cc1S(=O)(=O)N1CCC(N2CCCC2C(N)=O)CC1. The molecule has 0 aromatic heterocycles. The predicted octanol–water partition coefficient (Wildman–Crippen LogP) is 1.56. The minimum absolute atomic E-state index is 0.170. The lowest BCUT2D eigenvalue weighted by molar-refractivity contribution is -0.123. The lowest BCUT2D eigenvalue weighted by atomic mass is 10.0. The van der Waals surface area contributed by atoms with Crippen molar-refractivity contribution in [3.8, 4) is 5.75 Å². The molecule has 26 heavy (non-hydrogen) atoms. The summed E-state index contributed by atoms with van der Waals surface area (Å²) in [6, 6.07) is 4.95. The number of hydrogen-bond donors (Lipinski definition) is 1. The minimum atomic E-state index is -3.64.